The molecule has 1 fully saturated rings. The maximum absolute atomic E-state index is 6.03. The monoisotopic (exact) mass is 407 g/mol. The Labute approximate surface area is 133 Å². The highest BCUT2D eigenvalue weighted by Crippen LogP contribution is 2.39. The Morgan fingerprint density at radius 3 is 3.00 bits per heavy atom. The first-order valence-electron chi connectivity index (χ1n) is 6.28. The number of aliphatic imine (C=N–C) groups is 1. The predicted molar refractivity (Wildman–Crippen MR) is 84.6 cm³/mol. The molecular formula is C12H15Br2N3OS. The first-order chi connectivity index (χ1) is 9.15. The van der Waals surface area contributed by atoms with Gasteiger partial charge in [0.05, 0.1) is 22.5 Å². The van der Waals surface area contributed by atoms with Crippen LogP contribution in [0.3, 0.4) is 0 Å². The Balaban J connectivity index is 1.76. The zero-order valence-corrected chi connectivity index (χ0v) is 14.3. The third-order valence-electron chi connectivity index (χ3n) is 3.51. The van der Waals surface area contributed by atoms with E-state index in [9.17, 15) is 0 Å². The molecule has 1 saturated heterocycles. The van der Waals surface area contributed by atoms with Crippen molar-refractivity contribution in [2.24, 2.45) is 10.7 Å². The summed E-state index contributed by atoms with van der Waals surface area (Å²) in [6.45, 7) is 2.45. The molecule has 7 heteroatoms. The average molecular weight is 409 g/mol. The van der Waals surface area contributed by atoms with Crippen LogP contribution in [0.25, 0.3) is 0 Å². The van der Waals surface area contributed by atoms with Crippen molar-refractivity contribution < 1.29 is 4.74 Å². The van der Waals surface area contributed by atoms with Gasteiger partial charge in [-0.25, -0.2) is 0 Å². The van der Waals surface area contributed by atoms with Gasteiger partial charge < -0.3 is 15.4 Å². The lowest BCUT2D eigenvalue weighted by atomic mass is 10.2. The molecule has 19 heavy (non-hydrogen) atoms. The molecule has 0 radical (unpaired) electrons. The summed E-state index contributed by atoms with van der Waals surface area (Å²) in [5.74, 6) is 0.640. The van der Waals surface area contributed by atoms with Crippen molar-refractivity contribution >= 4 is 49.2 Å². The number of rotatable bonds is 3. The van der Waals surface area contributed by atoms with Crippen LogP contribution >= 0.6 is 43.2 Å². The highest BCUT2D eigenvalue weighted by atomic mass is 79.9. The van der Waals surface area contributed by atoms with Crippen molar-refractivity contribution in [2.45, 2.75) is 25.0 Å². The van der Waals surface area contributed by atoms with E-state index in [4.69, 9.17) is 10.5 Å². The second-order valence-corrected chi connectivity index (χ2v) is 8.03. The van der Waals surface area contributed by atoms with Gasteiger partial charge in [0.1, 0.15) is 0 Å². The van der Waals surface area contributed by atoms with Gasteiger partial charge in [0.2, 0.25) is 0 Å². The minimum atomic E-state index is 0.247. The fourth-order valence-corrected chi connectivity index (χ4v) is 4.72. The summed E-state index contributed by atoms with van der Waals surface area (Å²) in [5, 5.41) is 0. The van der Waals surface area contributed by atoms with Crippen molar-refractivity contribution in [3.63, 3.8) is 0 Å². The topological polar surface area (TPSA) is 50.8 Å². The third kappa shape index (κ3) is 2.84. The second-order valence-electron chi connectivity index (χ2n) is 4.77. The largest absolute Gasteiger partial charge is 0.376 e. The van der Waals surface area contributed by atoms with E-state index in [2.05, 4.69) is 47.8 Å². The van der Waals surface area contributed by atoms with Crippen LogP contribution in [-0.4, -0.2) is 36.7 Å². The van der Waals surface area contributed by atoms with Crippen molar-refractivity contribution in [2.75, 3.05) is 19.7 Å². The number of hydrogen-bond acceptors (Lipinski definition) is 5. The van der Waals surface area contributed by atoms with E-state index in [0.29, 0.717) is 12.1 Å². The molecule has 0 aliphatic carbocycles. The lowest BCUT2D eigenvalue weighted by molar-refractivity contribution is 0.0856. The van der Waals surface area contributed by atoms with Gasteiger partial charge in [0, 0.05) is 22.5 Å². The molecule has 104 valence electrons. The first-order valence-corrected chi connectivity index (χ1v) is 8.68. The number of halogens is 2. The fraction of sp³-hybridized carbons (Fsp3) is 0.583. The van der Waals surface area contributed by atoms with Crippen LogP contribution in [-0.2, 0) is 4.74 Å². The minimum Gasteiger partial charge on any atom is -0.376 e. The third-order valence-corrected chi connectivity index (χ3v) is 6.87. The van der Waals surface area contributed by atoms with Gasteiger partial charge in [0.15, 0.2) is 5.96 Å². The summed E-state index contributed by atoms with van der Waals surface area (Å²) in [6, 6.07) is 2.40. The number of nitrogens with two attached hydrogens (primary N) is 1. The summed E-state index contributed by atoms with van der Waals surface area (Å²) >= 11 is 8.82. The molecule has 2 unspecified atom stereocenters. The molecule has 0 aromatic carbocycles. The van der Waals surface area contributed by atoms with Gasteiger partial charge in [0.25, 0.3) is 0 Å². The van der Waals surface area contributed by atoms with Crippen molar-refractivity contribution in [3.8, 4) is 0 Å². The minimum absolute atomic E-state index is 0.247. The molecule has 3 rings (SSSR count). The molecule has 1 aromatic rings. The van der Waals surface area contributed by atoms with Gasteiger partial charge >= 0.3 is 0 Å². The van der Waals surface area contributed by atoms with Gasteiger partial charge in [-0.15, -0.1) is 11.3 Å². The molecule has 0 bridgehead atoms. The van der Waals surface area contributed by atoms with Crippen LogP contribution in [0.5, 0.6) is 0 Å². The van der Waals surface area contributed by atoms with Gasteiger partial charge in [-0.3, -0.25) is 4.99 Å². The number of thiophene rings is 1. The number of nitrogens with zero attached hydrogens (tertiary/aromatic N) is 2. The SMILES string of the molecule is NC1=NCC(c2cc(Br)c(Br)s2)N1CC1CCCO1. The standard InChI is InChI=1S/C12H15Br2N3OS/c13-8-4-10(19-11(8)14)9-5-16-12(15)17(9)6-7-2-1-3-18-7/h4,7,9H,1-3,5-6H2,(H2,15,16). The summed E-state index contributed by atoms with van der Waals surface area (Å²) in [6.07, 6.45) is 2.56. The van der Waals surface area contributed by atoms with Gasteiger partial charge in [-0.1, -0.05) is 0 Å². The van der Waals surface area contributed by atoms with Crippen LogP contribution < -0.4 is 5.73 Å². The lowest BCUT2D eigenvalue weighted by Gasteiger charge is -2.27. The molecule has 2 atom stereocenters. The number of ether oxygens (including phenoxy) is 1. The van der Waals surface area contributed by atoms with E-state index in [-0.39, 0.29) is 6.04 Å². The van der Waals surface area contributed by atoms with Crippen LogP contribution in [0, 0.1) is 0 Å². The Bertz CT molecular complexity index is 480. The second kappa shape index (κ2) is 5.71. The van der Waals surface area contributed by atoms with Crippen molar-refractivity contribution in [1.29, 1.82) is 0 Å². The average Bonchev–Trinajstić information content (AvgIpc) is 3.06. The Kier molecular flexibility index (Phi) is 4.17. The van der Waals surface area contributed by atoms with Crippen LogP contribution in [0.2, 0.25) is 0 Å². The van der Waals surface area contributed by atoms with Crippen LogP contribution in [0.15, 0.2) is 19.3 Å². The van der Waals surface area contributed by atoms with Crippen LogP contribution in [0.4, 0.5) is 0 Å². The molecule has 4 nitrogen and oxygen atoms in total. The van der Waals surface area contributed by atoms with E-state index in [1.165, 1.54) is 4.88 Å². The Hall–Kier alpha value is -0.110. The van der Waals surface area contributed by atoms with Gasteiger partial charge in [-0.2, -0.15) is 0 Å². The van der Waals surface area contributed by atoms with E-state index in [1.807, 2.05) is 0 Å². The molecule has 2 aliphatic heterocycles. The van der Waals surface area contributed by atoms with E-state index in [0.717, 1.165) is 40.8 Å². The summed E-state index contributed by atoms with van der Waals surface area (Å²) in [4.78, 5) is 7.86. The van der Waals surface area contributed by atoms with Crippen molar-refractivity contribution in [3.05, 3.63) is 19.2 Å². The van der Waals surface area contributed by atoms with Crippen molar-refractivity contribution in [1.82, 2.24) is 4.90 Å². The smallest absolute Gasteiger partial charge is 0.192 e. The molecular weight excluding hydrogens is 394 g/mol. The molecule has 2 N–H and O–H groups in total. The lowest BCUT2D eigenvalue weighted by Crippen LogP contribution is -2.40. The van der Waals surface area contributed by atoms with E-state index >= 15 is 0 Å². The number of hydrogen-bond donors (Lipinski definition) is 1. The highest BCUT2D eigenvalue weighted by Gasteiger charge is 2.32. The molecule has 3 heterocycles. The molecule has 1 aromatic heterocycles. The maximum atomic E-state index is 6.03. The maximum Gasteiger partial charge on any atom is 0.192 e. The Morgan fingerprint density at radius 1 is 1.53 bits per heavy atom. The Morgan fingerprint density at radius 2 is 2.37 bits per heavy atom. The van der Waals surface area contributed by atoms with Gasteiger partial charge in [-0.05, 0) is 50.8 Å². The predicted octanol–water partition coefficient (Wildman–Crippen LogP) is 3.12. The zero-order valence-electron chi connectivity index (χ0n) is 10.3. The van der Waals surface area contributed by atoms with E-state index < -0.39 is 0 Å². The fourth-order valence-electron chi connectivity index (χ4n) is 2.53. The molecule has 2 aliphatic rings. The highest BCUT2D eigenvalue weighted by molar-refractivity contribution is 9.13. The molecule has 0 spiro atoms. The van der Waals surface area contributed by atoms with E-state index in [1.54, 1.807) is 11.3 Å². The normalized spacial score (nSPS) is 27.1. The molecule has 0 saturated carbocycles. The number of guanidine groups is 1. The summed E-state index contributed by atoms with van der Waals surface area (Å²) < 4.78 is 7.92. The summed E-state index contributed by atoms with van der Waals surface area (Å²) in [7, 11) is 0. The van der Waals surface area contributed by atoms with Crippen LogP contribution in [0.1, 0.15) is 23.8 Å². The zero-order chi connectivity index (χ0) is 13.4. The summed E-state index contributed by atoms with van der Waals surface area (Å²) in [5.41, 5.74) is 6.03. The molecule has 0 amide bonds. The first kappa shape index (κ1) is 13.9. The quantitative estimate of drug-likeness (QED) is 0.835.